The van der Waals surface area contributed by atoms with E-state index in [9.17, 15) is 14.0 Å². The van der Waals surface area contributed by atoms with Crippen LogP contribution in [0.1, 0.15) is 13.8 Å². The maximum Gasteiger partial charge on any atom is 0.318 e. The number of amides is 1. The van der Waals surface area contributed by atoms with Crippen LogP contribution in [0.5, 0.6) is 0 Å². The van der Waals surface area contributed by atoms with E-state index in [1.807, 2.05) is 0 Å². The lowest BCUT2D eigenvalue weighted by atomic mass is 9.92. The Bertz CT molecular complexity index is 474. The molecule has 1 aromatic rings. The topological polar surface area (TPSA) is 66.4 Å². The zero-order valence-corrected chi connectivity index (χ0v) is 10.8. The highest BCUT2D eigenvalue weighted by molar-refractivity contribution is 9.10. The van der Waals surface area contributed by atoms with E-state index in [1.165, 1.54) is 26.0 Å². The molecule has 0 aromatic heterocycles. The summed E-state index contributed by atoms with van der Waals surface area (Å²) in [5.74, 6) is -2.48. The van der Waals surface area contributed by atoms with Crippen LogP contribution in [-0.2, 0) is 9.59 Å². The fourth-order valence-corrected chi connectivity index (χ4v) is 1.20. The van der Waals surface area contributed by atoms with Crippen LogP contribution >= 0.6 is 15.9 Å². The quantitative estimate of drug-likeness (QED) is 0.844. The zero-order valence-electron chi connectivity index (χ0n) is 9.25. The van der Waals surface area contributed by atoms with E-state index in [1.54, 1.807) is 0 Å². The molecule has 6 heteroatoms. The predicted octanol–water partition coefficient (Wildman–Crippen LogP) is 2.64. The van der Waals surface area contributed by atoms with E-state index in [4.69, 9.17) is 5.11 Å². The van der Waals surface area contributed by atoms with Crippen LogP contribution in [-0.4, -0.2) is 17.0 Å². The maximum atomic E-state index is 13.2. The molecule has 0 saturated carbocycles. The maximum absolute atomic E-state index is 13.2. The van der Waals surface area contributed by atoms with Gasteiger partial charge in [0.25, 0.3) is 0 Å². The molecule has 0 bridgehead atoms. The van der Waals surface area contributed by atoms with Crippen molar-refractivity contribution in [3.05, 3.63) is 28.5 Å². The number of nitrogens with one attached hydrogen (secondary N) is 1. The molecule has 0 aliphatic heterocycles. The third-order valence-corrected chi connectivity index (χ3v) is 2.92. The standard InChI is InChI=1S/C11H11BrFNO3/c1-11(2,10(16)17)9(15)14-6-3-4-7(12)8(13)5-6/h3-5H,1-2H3,(H,14,15)(H,16,17). The monoisotopic (exact) mass is 303 g/mol. The average molecular weight is 304 g/mol. The van der Waals surface area contributed by atoms with Crippen molar-refractivity contribution in [3.8, 4) is 0 Å². The highest BCUT2D eigenvalue weighted by Crippen LogP contribution is 2.22. The number of hydrogen-bond donors (Lipinski definition) is 2. The van der Waals surface area contributed by atoms with Crippen LogP contribution < -0.4 is 5.32 Å². The molecule has 0 spiro atoms. The van der Waals surface area contributed by atoms with Gasteiger partial charge in [0.1, 0.15) is 11.2 Å². The molecule has 0 atom stereocenters. The van der Waals surface area contributed by atoms with E-state index in [-0.39, 0.29) is 10.2 Å². The van der Waals surface area contributed by atoms with Crippen LogP contribution in [0.4, 0.5) is 10.1 Å². The minimum absolute atomic E-state index is 0.213. The minimum Gasteiger partial charge on any atom is -0.480 e. The third kappa shape index (κ3) is 3.03. The van der Waals surface area contributed by atoms with Crippen molar-refractivity contribution < 1.29 is 19.1 Å². The number of carboxylic acids is 1. The Hall–Kier alpha value is -1.43. The molecule has 17 heavy (non-hydrogen) atoms. The summed E-state index contributed by atoms with van der Waals surface area (Å²) in [6.45, 7) is 2.56. The summed E-state index contributed by atoms with van der Waals surface area (Å²) in [6.07, 6.45) is 0. The SMILES string of the molecule is CC(C)(C(=O)O)C(=O)Nc1ccc(Br)c(F)c1. The van der Waals surface area contributed by atoms with Crippen molar-refractivity contribution in [2.75, 3.05) is 5.32 Å². The number of aliphatic carboxylic acids is 1. The van der Waals surface area contributed by atoms with Crippen LogP contribution in [0.2, 0.25) is 0 Å². The van der Waals surface area contributed by atoms with Gasteiger partial charge in [-0.05, 0) is 48.0 Å². The highest BCUT2D eigenvalue weighted by Gasteiger charge is 2.36. The summed E-state index contributed by atoms with van der Waals surface area (Å²) >= 11 is 2.98. The lowest BCUT2D eigenvalue weighted by molar-refractivity contribution is -0.151. The van der Waals surface area contributed by atoms with Gasteiger partial charge in [-0.3, -0.25) is 9.59 Å². The summed E-state index contributed by atoms with van der Waals surface area (Å²) in [4.78, 5) is 22.5. The van der Waals surface area contributed by atoms with Gasteiger partial charge in [-0.25, -0.2) is 4.39 Å². The first kappa shape index (κ1) is 13.6. The second kappa shape index (κ2) is 4.83. The molecular weight excluding hydrogens is 293 g/mol. The van der Waals surface area contributed by atoms with E-state index >= 15 is 0 Å². The molecule has 1 amide bonds. The summed E-state index contributed by atoms with van der Waals surface area (Å²) < 4.78 is 13.4. The number of carbonyl (C=O) groups is 2. The van der Waals surface area contributed by atoms with Gasteiger partial charge < -0.3 is 10.4 Å². The zero-order chi connectivity index (χ0) is 13.2. The lowest BCUT2D eigenvalue weighted by Gasteiger charge is -2.18. The molecule has 0 fully saturated rings. The van der Waals surface area contributed by atoms with Crippen LogP contribution in [0.3, 0.4) is 0 Å². The van der Waals surface area contributed by atoms with Gasteiger partial charge in [0.15, 0.2) is 0 Å². The average Bonchev–Trinajstić information content (AvgIpc) is 2.23. The van der Waals surface area contributed by atoms with E-state index < -0.39 is 23.1 Å². The molecule has 2 N–H and O–H groups in total. The largest absolute Gasteiger partial charge is 0.480 e. The predicted molar refractivity (Wildman–Crippen MR) is 64.1 cm³/mol. The number of benzene rings is 1. The molecular formula is C11H11BrFNO3. The van der Waals surface area contributed by atoms with Gasteiger partial charge in [0.2, 0.25) is 5.91 Å². The first-order valence-corrected chi connectivity index (χ1v) is 5.54. The number of hydrogen-bond acceptors (Lipinski definition) is 2. The van der Waals surface area contributed by atoms with Crippen LogP contribution in [0.15, 0.2) is 22.7 Å². The van der Waals surface area contributed by atoms with Crippen molar-refractivity contribution in [3.63, 3.8) is 0 Å². The molecule has 4 nitrogen and oxygen atoms in total. The molecule has 92 valence electrons. The van der Waals surface area contributed by atoms with Crippen molar-refractivity contribution >= 4 is 33.5 Å². The Balaban J connectivity index is 2.89. The number of halogens is 2. The third-order valence-electron chi connectivity index (χ3n) is 2.28. The van der Waals surface area contributed by atoms with Crippen molar-refractivity contribution in [1.82, 2.24) is 0 Å². The summed E-state index contributed by atoms with van der Waals surface area (Å²) in [7, 11) is 0. The Morgan fingerprint density at radius 1 is 1.41 bits per heavy atom. The van der Waals surface area contributed by atoms with E-state index in [0.29, 0.717) is 0 Å². The minimum atomic E-state index is -1.57. The van der Waals surface area contributed by atoms with Gasteiger partial charge in [0, 0.05) is 5.69 Å². The summed E-state index contributed by atoms with van der Waals surface area (Å²) in [6, 6.07) is 4.02. The van der Waals surface area contributed by atoms with Crippen LogP contribution in [0, 0.1) is 11.2 Å². The molecule has 1 aromatic carbocycles. The van der Waals surface area contributed by atoms with Crippen molar-refractivity contribution in [1.29, 1.82) is 0 Å². The molecule has 0 heterocycles. The Morgan fingerprint density at radius 2 is 2.00 bits per heavy atom. The first-order chi connectivity index (χ1) is 7.75. The molecule has 0 radical (unpaired) electrons. The molecule has 0 unspecified atom stereocenters. The summed E-state index contributed by atoms with van der Waals surface area (Å²) in [5.41, 5.74) is -1.35. The van der Waals surface area contributed by atoms with Gasteiger partial charge >= 0.3 is 5.97 Å². The fraction of sp³-hybridized carbons (Fsp3) is 0.273. The van der Waals surface area contributed by atoms with Gasteiger partial charge in [-0.1, -0.05) is 0 Å². The van der Waals surface area contributed by atoms with Gasteiger partial charge in [0.05, 0.1) is 4.47 Å². The van der Waals surface area contributed by atoms with Crippen molar-refractivity contribution in [2.45, 2.75) is 13.8 Å². The van der Waals surface area contributed by atoms with Gasteiger partial charge in [-0.2, -0.15) is 0 Å². The molecule has 0 saturated heterocycles. The molecule has 0 aliphatic rings. The number of anilines is 1. The fourth-order valence-electron chi connectivity index (χ4n) is 0.958. The molecule has 0 aliphatic carbocycles. The second-order valence-corrected chi connectivity index (χ2v) is 4.87. The smallest absolute Gasteiger partial charge is 0.318 e. The Morgan fingerprint density at radius 3 is 2.47 bits per heavy atom. The second-order valence-electron chi connectivity index (χ2n) is 4.01. The first-order valence-electron chi connectivity index (χ1n) is 4.75. The Kier molecular flexibility index (Phi) is 3.87. The number of carboxylic acid groups (broad SMARTS) is 1. The number of carbonyl (C=O) groups excluding carboxylic acids is 1. The summed E-state index contributed by atoms with van der Waals surface area (Å²) in [5, 5.41) is 11.2. The van der Waals surface area contributed by atoms with E-state index in [0.717, 1.165) is 6.07 Å². The van der Waals surface area contributed by atoms with Gasteiger partial charge in [-0.15, -0.1) is 0 Å². The number of rotatable bonds is 3. The highest BCUT2D eigenvalue weighted by atomic mass is 79.9. The van der Waals surface area contributed by atoms with Crippen molar-refractivity contribution in [2.24, 2.45) is 5.41 Å². The van der Waals surface area contributed by atoms with Crippen LogP contribution in [0.25, 0.3) is 0 Å². The van der Waals surface area contributed by atoms with E-state index in [2.05, 4.69) is 21.2 Å². The normalized spacial score (nSPS) is 11.1. The Labute approximate surface area is 106 Å². The lowest BCUT2D eigenvalue weighted by Crippen LogP contribution is -2.37. The molecule has 1 rings (SSSR count).